The van der Waals surface area contributed by atoms with Gasteiger partial charge in [0.05, 0.1) is 7.11 Å². The second-order valence-corrected chi connectivity index (χ2v) is 5.78. The van der Waals surface area contributed by atoms with E-state index in [-0.39, 0.29) is 5.91 Å². The number of carbonyl (C=O) groups excluding carboxylic acids is 1. The van der Waals surface area contributed by atoms with Crippen molar-refractivity contribution in [2.45, 2.75) is 13.5 Å². The number of hydrogen-bond donors (Lipinski definition) is 1. The van der Waals surface area contributed by atoms with Crippen LogP contribution in [-0.4, -0.2) is 26.2 Å². The summed E-state index contributed by atoms with van der Waals surface area (Å²) in [5, 5.41) is 2.87. The summed E-state index contributed by atoms with van der Waals surface area (Å²) in [6.07, 6.45) is 3.23. The molecule has 0 aromatic heterocycles. The molecule has 5 nitrogen and oxygen atoms in total. The Morgan fingerprint density at radius 2 is 1.96 bits per heavy atom. The van der Waals surface area contributed by atoms with Crippen molar-refractivity contribution in [3.63, 3.8) is 0 Å². The van der Waals surface area contributed by atoms with Crippen LogP contribution in [0.25, 0.3) is 6.08 Å². The maximum absolute atomic E-state index is 12.0. The van der Waals surface area contributed by atoms with Crippen LogP contribution < -0.4 is 19.5 Å². The van der Waals surface area contributed by atoms with Gasteiger partial charge in [0.2, 0.25) is 11.7 Å². The SMILES string of the molecule is COc1cc(C=CC(=O)NCc2ccc(C)cc2)cc2c1OCCO2. The molecule has 0 aliphatic carbocycles. The van der Waals surface area contributed by atoms with E-state index < -0.39 is 0 Å². The van der Waals surface area contributed by atoms with Crippen LogP contribution >= 0.6 is 0 Å². The predicted molar refractivity (Wildman–Crippen MR) is 96.0 cm³/mol. The predicted octanol–water partition coefficient (Wildman–Crippen LogP) is 3.10. The number of benzene rings is 2. The summed E-state index contributed by atoms with van der Waals surface area (Å²) in [6.45, 7) is 3.53. The van der Waals surface area contributed by atoms with Crippen LogP contribution in [0.2, 0.25) is 0 Å². The minimum absolute atomic E-state index is 0.158. The normalized spacial score (nSPS) is 12.9. The van der Waals surface area contributed by atoms with Crippen molar-refractivity contribution < 1.29 is 19.0 Å². The van der Waals surface area contributed by atoms with Gasteiger partial charge in [-0.05, 0) is 36.3 Å². The lowest BCUT2D eigenvalue weighted by molar-refractivity contribution is -0.116. The smallest absolute Gasteiger partial charge is 0.244 e. The van der Waals surface area contributed by atoms with Crippen LogP contribution in [0.15, 0.2) is 42.5 Å². The molecule has 1 N–H and O–H groups in total. The molecular weight excluding hydrogens is 318 g/mol. The van der Waals surface area contributed by atoms with Gasteiger partial charge in [-0.2, -0.15) is 0 Å². The van der Waals surface area contributed by atoms with Crippen LogP contribution in [0.3, 0.4) is 0 Å². The zero-order valence-electron chi connectivity index (χ0n) is 14.4. The number of rotatable bonds is 5. The average Bonchev–Trinajstić information content (AvgIpc) is 2.65. The van der Waals surface area contributed by atoms with E-state index >= 15 is 0 Å². The van der Waals surface area contributed by atoms with E-state index in [2.05, 4.69) is 5.32 Å². The number of methoxy groups -OCH3 is 1. The number of fused-ring (bicyclic) bond motifs is 1. The van der Waals surface area contributed by atoms with Gasteiger partial charge in [0.25, 0.3) is 0 Å². The quantitative estimate of drug-likeness (QED) is 0.851. The molecule has 2 aromatic rings. The molecule has 1 amide bonds. The lowest BCUT2D eigenvalue weighted by Crippen LogP contribution is -2.20. The van der Waals surface area contributed by atoms with E-state index in [9.17, 15) is 4.79 Å². The average molecular weight is 339 g/mol. The maximum Gasteiger partial charge on any atom is 0.244 e. The highest BCUT2D eigenvalue weighted by Gasteiger charge is 2.17. The molecule has 5 heteroatoms. The lowest BCUT2D eigenvalue weighted by Gasteiger charge is -2.20. The Labute approximate surface area is 147 Å². The largest absolute Gasteiger partial charge is 0.493 e. The Morgan fingerprint density at radius 1 is 1.20 bits per heavy atom. The van der Waals surface area contributed by atoms with Crippen LogP contribution in [-0.2, 0) is 11.3 Å². The Balaban J connectivity index is 1.64. The molecule has 0 bridgehead atoms. The second kappa shape index (κ2) is 7.75. The number of ether oxygens (including phenoxy) is 3. The number of amides is 1. The van der Waals surface area contributed by atoms with Crippen molar-refractivity contribution in [3.05, 3.63) is 59.2 Å². The van der Waals surface area contributed by atoms with Gasteiger partial charge in [-0.25, -0.2) is 0 Å². The van der Waals surface area contributed by atoms with E-state index in [0.29, 0.717) is 37.0 Å². The zero-order chi connectivity index (χ0) is 17.6. The highest BCUT2D eigenvalue weighted by Crippen LogP contribution is 2.40. The molecule has 0 atom stereocenters. The molecule has 1 heterocycles. The van der Waals surface area contributed by atoms with E-state index in [1.807, 2.05) is 43.3 Å². The van der Waals surface area contributed by atoms with E-state index in [0.717, 1.165) is 11.1 Å². The molecule has 1 aliphatic rings. The van der Waals surface area contributed by atoms with Gasteiger partial charge in [-0.15, -0.1) is 0 Å². The topological polar surface area (TPSA) is 56.8 Å². The number of aryl methyl sites for hydroxylation is 1. The summed E-state index contributed by atoms with van der Waals surface area (Å²) in [4.78, 5) is 12.0. The monoisotopic (exact) mass is 339 g/mol. The molecule has 0 saturated carbocycles. The van der Waals surface area contributed by atoms with Crippen LogP contribution in [0.1, 0.15) is 16.7 Å². The Hall–Kier alpha value is -2.95. The summed E-state index contributed by atoms with van der Waals surface area (Å²) in [5.41, 5.74) is 3.07. The van der Waals surface area contributed by atoms with Gasteiger partial charge in [-0.1, -0.05) is 29.8 Å². The molecule has 0 spiro atoms. The molecule has 0 radical (unpaired) electrons. The molecule has 0 unspecified atom stereocenters. The molecule has 3 rings (SSSR count). The highest BCUT2D eigenvalue weighted by atomic mass is 16.6. The fraction of sp³-hybridized carbons (Fsp3) is 0.250. The Bertz CT molecular complexity index is 764. The minimum atomic E-state index is -0.158. The lowest BCUT2D eigenvalue weighted by atomic mass is 10.1. The number of hydrogen-bond acceptors (Lipinski definition) is 4. The zero-order valence-corrected chi connectivity index (χ0v) is 14.4. The first-order valence-corrected chi connectivity index (χ1v) is 8.15. The molecule has 2 aromatic carbocycles. The first-order valence-electron chi connectivity index (χ1n) is 8.15. The third kappa shape index (κ3) is 4.32. The van der Waals surface area contributed by atoms with E-state index in [1.165, 1.54) is 11.6 Å². The summed E-state index contributed by atoms with van der Waals surface area (Å²) < 4.78 is 16.5. The number of nitrogens with one attached hydrogen (secondary N) is 1. The minimum Gasteiger partial charge on any atom is -0.493 e. The third-order valence-corrected chi connectivity index (χ3v) is 3.86. The number of carbonyl (C=O) groups is 1. The summed E-state index contributed by atoms with van der Waals surface area (Å²) in [6, 6.07) is 11.7. The van der Waals surface area contributed by atoms with E-state index in [1.54, 1.807) is 13.2 Å². The van der Waals surface area contributed by atoms with Crippen LogP contribution in [0.5, 0.6) is 17.2 Å². The van der Waals surface area contributed by atoms with Crippen molar-refractivity contribution >= 4 is 12.0 Å². The van der Waals surface area contributed by atoms with Gasteiger partial charge in [0.1, 0.15) is 13.2 Å². The fourth-order valence-corrected chi connectivity index (χ4v) is 2.52. The molecule has 130 valence electrons. The van der Waals surface area contributed by atoms with Crippen molar-refractivity contribution in [1.29, 1.82) is 0 Å². The van der Waals surface area contributed by atoms with Gasteiger partial charge < -0.3 is 19.5 Å². The van der Waals surface area contributed by atoms with Crippen LogP contribution in [0, 0.1) is 6.92 Å². The van der Waals surface area contributed by atoms with E-state index in [4.69, 9.17) is 14.2 Å². The van der Waals surface area contributed by atoms with Gasteiger partial charge in [-0.3, -0.25) is 4.79 Å². The summed E-state index contributed by atoms with van der Waals surface area (Å²) in [5.74, 6) is 1.67. The molecule has 0 saturated heterocycles. The molecule has 1 aliphatic heterocycles. The van der Waals surface area contributed by atoms with Gasteiger partial charge in [0, 0.05) is 12.6 Å². The third-order valence-electron chi connectivity index (χ3n) is 3.86. The van der Waals surface area contributed by atoms with Gasteiger partial charge in [0.15, 0.2) is 11.5 Å². The Kier molecular flexibility index (Phi) is 5.23. The van der Waals surface area contributed by atoms with Gasteiger partial charge >= 0.3 is 0 Å². The van der Waals surface area contributed by atoms with Crippen molar-refractivity contribution in [3.8, 4) is 17.2 Å². The highest BCUT2D eigenvalue weighted by molar-refractivity contribution is 5.91. The molecular formula is C20H21NO4. The standard InChI is InChI=1S/C20H21NO4/c1-14-3-5-15(6-4-14)13-21-19(22)8-7-16-11-17(23-2)20-18(12-16)24-9-10-25-20/h3-8,11-12H,9-10,13H2,1-2H3,(H,21,22). The maximum atomic E-state index is 12.0. The fourth-order valence-electron chi connectivity index (χ4n) is 2.52. The van der Waals surface area contributed by atoms with Crippen molar-refractivity contribution in [2.75, 3.05) is 20.3 Å². The first kappa shape index (κ1) is 16.9. The molecule has 25 heavy (non-hydrogen) atoms. The summed E-state index contributed by atoms with van der Waals surface area (Å²) >= 11 is 0. The van der Waals surface area contributed by atoms with Crippen molar-refractivity contribution in [1.82, 2.24) is 5.32 Å². The Morgan fingerprint density at radius 3 is 2.72 bits per heavy atom. The van der Waals surface area contributed by atoms with Crippen molar-refractivity contribution in [2.24, 2.45) is 0 Å². The molecule has 0 fully saturated rings. The first-order chi connectivity index (χ1) is 12.2. The second-order valence-electron chi connectivity index (χ2n) is 5.78. The van der Waals surface area contributed by atoms with Crippen LogP contribution in [0.4, 0.5) is 0 Å². The summed E-state index contributed by atoms with van der Waals surface area (Å²) in [7, 11) is 1.58.